The molecule has 0 spiro atoms. The number of hydrogen-bond acceptors (Lipinski definition) is 10. The van der Waals surface area contributed by atoms with Crippen molar-refractivity contribution in [2.24, 2.45) is 5.41 Å². The van der Waals surface area contributed by atoms with Crippen LogP contribution in [0.1, 0.15) is 26.7 Å². The summed E-state index contributed by atoms with van der Waals surface area (Å²) < 4.78 is 16.0. The van der Waals surface area contributed by atoms with Crippen molar-refractivity contribution in [2.75, 3.05) is 53.1 Å². The lowest BCUT2D eigenvalue weighted by Crippen LogP contribution is -2.49. The molecule has 14 heteroatoms. The number of amides is 2. The normalized spacial score (nSPS) is 20.3. The number of nitrogens with one attached hydrogen (secondary N) is 2. The first-order valence-electron chi connectivity index (χ1n) is 11.5. The van der Waals surface area contributed by atoms with E-state index in [1.165, 1.54) is 13.8 Å². The topological polar surface area (TPSA) is 174 Å². The Morgan fingerprint density at radius 3 is 2.46 bits per heavy atom. The molecule has 37 heavy (non-hydrogen) atoms. The number of hydrogen-bond donors (Lipinski definition) is 3. The molecule has 0 saturated heterocycles. The van der Waals surface area contributed by atoms with Gasteiger partial charge in [0.1, 0.15) is 13.2 Å². The molecule has 13 nitrogen and oxygen atoms in total. The number of cyclic esters (lactones) is 1. The molecule has 0 fully saturated rings. The van der Waals surface area contributed by atoms with Crippen LogP contribution in [0.5, 0.6) is 0 Å². The predicted molar refractivity (Wildman–Crippen MR) is 132 cm³/mol. The first-order chi connectivity index (χ1) is 17.1. The number of ether oxygens (including phenoxy) is 3. The van der Waals surface area contributed by atoms with Crippen molar-refractivity contribution in [1.29, 1.82) is 0 Å². The zero-order valence-electron chi connectivity index (χ0n) is 21.7. The third kappa shape index (κ3) is 13.7. The Hall–Kier alpha value is -3.13. The summed E-state index contributed by atoms with van der Waals surface area (Å²) >= 11 is 0.902. The standard InChI is InChI=1S/C23H35N3O10S/c1-23(2,14-34-22(33)35-15(12-17(28)29)13-26(3,4)5)20-21(32)25-9-8-16(27)24-10-11-37-19(31)7-6-18(30)36-20/h6-7,15,20H,8-14H2,1-5H3,(H2-,24,25,27,28,29,32)/p+1/b7-6+/t15-,20+/m1/s1. The van der Waals surface area contributed by atoms with Crippen molar-refractivity contribution in [3.8, 4) is 0 Å². The summed E-state index contributed by atoms with van der Waals surface area (Å²) in [6.07, 6.45) is -2.14. The molecule has 0 aromatic rings. The van der Waals surface area contributed by atoms with Crippen molar-refractivity contribution in [2.45, 2.75) is 38.9 Å². The fraction of sp³-hybridized carbons (Fsp3) is 0.652. The number of esters is 1. The van der Waals surface area contributed by atoms with Gasteiger partial charge >= 0.3 is 18.1 Å². The summed E-state index contributed by atoms with van der Waals surface area (Å²) in [6.45, 7) is 2.99. The van der Waals surface area contributed by atoms with E-state index in [0.29, 0.717) is 10.2 Å². The molecule has 1 rings (SSSR count). The average Bonchev–Trinajstić information content (AvgIpc) is 2.75. The molecule has 3 N–H and O–H groups in total. The molecule has 208 valence electrons. The first kappa shape index (κ1) is 31.9. The second-order valence-corrected chi connectivity index (χ2v) is 11.1. The molecular formula is C23H36N3O10S+. The van der Waals surface area contributed by atoms with Crippen molar-refractivity contribution in [3.63, 3.8) is 0 Å². The summed E-state index contributed by atoms with van der Waals surface area (Å²) in [7, 11) is 5.41. The summed E-state index contributed by atoms with van der Waals surface area (Å²) in [5.41, 5.74) is -1.27. The highest BCUT2D eigenvalue weighted by Crippen LogP contribution is 2.25. The van der Waals surface area contributed by atoms with Crippen LogP contribution in [-0.2, 0) is 38.2 Å². The largest absolute Gasteiger partial charge is 0.508 e. The van der Waals surface area contributed by atoms with E-state index in [2.05, 4.69) is 10.6 Å². The lowest BCUT2D eigenvalue weighted by Gasteiger charge is -2.32. The van der Waals surface area contributed by atoms with Crippen LogP contribution in [0.4, 0.5) is 4.79 Å². The van der Waals surface area contributed by atoms with E-state index in [4.69, 9.17) is 19.3 Å². The zero-order valence-corrected chi connectivity index (χ0v) is 22.6. The van der Waals surface area contributed by atoms with Crippen LogP contribution >= 0.6 is 11.8 Å². The van der Waals surface area contributed by atoms with E-state index in [0.717, 1.165) is 23.9 Å². The minimum atomic E-state index is -1.46. The van der Waals surface area contributed by atoms with Gasteiger partial charge in [0.25, 0.3) is 5.91 Å². The minimum Gasteiger partial charge on any atom is -0.481 e. The van der Waals surface area contributed by atoms with Crippen LogP contribution in [-0.4, -0.2) is 110 Å². The number of rotatable bonds is 8. The average molecular weight is 547 g/mol. The Morgan fingerprint density at radius 2 is 1.84 bits per heavy atom. The number of carboxylic acid groups (broad SMARTS) is 1. The molecule has 0 aromatic carbocycles. The highest BCUT2D eigenvalue weighted by atomic mass is 32.2. The highest BCUT2D eigenvalue weighted by molar-refractivity contribution is 8.14. The monoisotopic (exact) mass is 546 g/mol. The number of nitrogens with zero attached hydrogens (tertiary/aromatic N) is 1. The Bertz CT molecular complexity index is 898. The van der Waals surface area contributed by atoms with Crippen LogP contribution in [0.3, 0.4) is 0 Å². The maximum absolute atomic E-state index is 12.9. The molecule has 1 aliphatic heterocycles. The van der Waals surface area contributed by atoms with Crippen LogP contribution < -0.4 is 10.6 Å². The van der Waals surface area contributed by atoms with Gasteiger partial charge in [0.05, 0.1) is 27.6 Å². The fourth-order valence-electron chi connectivity index (χ4n) is 3.17. The number of carbonyl (C=O) groups is 6. The summed E-state index contributed by atoms with van der Waals surface area (Å²) in [4.78, 5) is 72.4. The molecular weight excluding hydrogens is 510 g/mol. The lowest BCUT2D eigenvalue weighted by molar-refractivity contribution is -0.873. The van der Waals surface area contributed by atoms with E-state index < -0.39 is 59.8 Å². The number of carboxylic acids is 1. The summed E-state index contributed by atoms with van der Waals surface area (Å²) in [5.74, 6) is -2.87. The van der Waals surface area contributed by atoms with Gasteiger partial charge in [-0.25, -0.2) is 9.59 Å². The Morgan fingerprint density at radius 1 is 1.16 bits per heavy atom. The summed E-state index contributed by atoms with van der Waals surface area (Å²) in [5, 5.41) is 13.8. The smallest absolute Gasteiger partial charge is 0.481 e. The molecule has 0 unspecified atom stereocenters. The van der Waals surface area contributed by atoms with Crippen molar-refractivity contribution in [1.82, 2.24) is 10.6 Å². The number of aliphatic carboxylic acids is 1. The molecule has 0 radical (unpaired) electrons. The Labute approximate surface area is 219 Å². The molecule has 1 heterocycles. The fourth-order valence-corrected chi connectivity index (χ4v) is 3.74. The molecule has 1 aliphatic rings. The van der Waals surface area contributed by atoms with E-state index in [9.17, 15) is 28.8 Å². The zero-order chi connectivity index (χ0) is 28.2. The third-order valence-electron chi connectivity index (χ3n) is 4.84. The second kappa shape index (κ2) is 14.6. The van der Waals surface area contributed by atoms with Gasteiger partial charge < -0.3 is 34.4 Å². The lowest BCUT2D eigenvalue weighted by atomic mass is 9.86. The Kier molecular flexibility index (Phi) is 12.6. The third-order valence-corrected chi connectivity index (χ3v) is 5.66. The van der Waals surface area contributed by atoms with Gasteiger partial charge in [-0.2, -0.15) is 0 Å². The quantitative estimate of drug-likeness (QED) is 0.278. The van der Waals surface area contributed by atoms with Gasteiger partial charge in [0, 0.05) is 36.8 Å². The van der Waals surface area contributed by atoms with E-state index in [1.807, 2.05) is 0 Å². The summed E-state index contributed by atoms with van der Waals surface area (Å²) in [6, 6.07) is 0. The molecule has 2 atom stereocenters. The number of carbonyl (C=O) groups excluding carboxylic acids is 5. The Balaban J connectivity index is 2.96. The predicted octanol–water partition coefficient (Wildman–Crippen LogP) is 0.0792. The second-order valence-electron chi connectivity index (χ2n) is 10.0. The SMILES string of the molecule is CC(C)(COC(=O)O[C@H](CC(=O)O)C[N+](C)(C)C)[C@H]1OC(=O)/C=C/C(=O)SCCNC(=O)CCNC1=O. The van der Waals surface area contributed by atoms with Crippen molar-refractivity contribution in [3.05, 3.63) is 12.2 Å². The van der Waals surface area contributed by atoms with E-state index in [-0.39, 0.29) is 32.0 Å². The van der Waals surface area contributed by atoms with Crippen LogP contribution in [0.25, 0.3) is 0 Å². The molecule has 0 aliphatic carbocycles. The van der Waals surface area contributed by atoms with Gasteiger partial charge in [-0.3, -0.25) is 19.2 Å². The molecule has 0 saturated carbocycles. The van der Waals surface area contributed by atoms with Crippen LogP contribution in [0.15, 0.2) is 12.2 Å². The highest BCUT2D eigenvalue weighted by Gasteiger charge is 2.40. The van der Waals surface area contributed by atoms with Crippen molar-refractivity contribution < 1.29 is 52.6 Å². The van der Waals surface area contributed by atoms with Gasteiger partial charge in [-0.05, 0) is 6.08 Å². The van der Waals surface area contributed by atoms with Gasteiger partial charge in [-0.1, -0.05) is 25.6 Å². The van der Waals surface area contributed by atoms with Crippen molar-refractivity contribution >= 4 is 46.8 Å². The molecule has 0 bridgehead atoms. The minimum absolute atomic E-state index is 0.0379. The van der Waals surface area contributed by atoms with E-state index >= 15 is 0 Å². The van der Waals surface area contributed by atoms with Crippen LogP contribution in [0.2, 0.25) is 0 Å². The number of thioether (sulfide) groups is 1. The maximum Gasteiger partial charge on any atom is 0.508 e. The number of likely N-dealkylation sites (N-methyl/N-ethyl adjacent to an activating group) is 1. The number of quaternary nitrogens is 1. The molecule has 0 aromatic heterocycles. The molecule has 2 amide bonds. The van der Waals surface area contributed by atoms with Crippen LogP contribution in [0, 0.1) is 5.41 Å². The maximum atomic E-state index is 12.9. The van der Waals surface area contributed by atoms with Gasteiger partial charge in [0.15, 0.2) is 12.2 Å². The first-order valence-corrected chi connectivity index (χ1v) is 12.5. The van der Waals surface area contributed by atoms with Gasteiger partial charge in [-0.15, -0.1) is 0 Å². The van der Waals surface area contributed by atoms with E-state index in [1.54, 1.807) is 21.1 Å². The van der Waals surface area contributed by atoms with Gasteiger partial charge in [0.2, 0.25) is 11.0 Å².